The van der Waals surface area contributed by atoms with E-state index < -0.39 is 0 Å². The Morgan fingerprint density at radius 1 is 1.42 bits per heavy atom. The molecule has 0 spiro atoms. The van der Waals surface area contributed by atoms with Gasteiger partial charge in [0.25, 0.3) is 0 Å². The fourth-order valence-corrected chi connectivity index (χ4v) is 1.61. The first-order valence-corrected chi connectivity index (χ1v) is 4.92. The van der Waals surface area contributed by atoms with Crippen LogP contribution in [0.15, 0.2) is 11.3 Å². The van der Waals surface area contributed by atoms with E-state index in [1.165, 1.54) is 17.7 Å². The SMILES string of the molecule is CC.CC1CC2=C(CCN2)CO1. The standard InChI is InChI=1S/C8H13NO.C2H6/c1-6-4-8-7(5-10-6)2-3-9-8;1-2/h6,9H,2-5H2,1H3;1-2H3. The van der Waals surface area contributed by atoms with E-state index in [-0.39, 0.29) is 0 Å². The van der Waals surface area contributed by atoms with Gasteiger partial charge in [0, 0.05) is 18.7 Å². The molecule has 0 saturated carbocycles. The summed E-state index contributed by atoms with van der Waals surface area (Å²) in [6, 6.07) is 0. The highest BCUT2D eigenvalue weighted by Crippen LogP contribution is 2.23. The smallest absolute Gasteiger partial charge is 0.0700 e. The molecule has 2 aliphatic rings. The van der Waals surface area contributed by atoms with Gasteiger partial charge in [-0.1, -0.05) is 13.8 Å². The van der Waals surface area contributed by atoms with Crippen LogP contribution in [0.2, 0.25) is 0 Å². The van der Waals surface area contributed by atoms with E-state index in [1.54, 1.807) is 0 Å². The molecule has 0 aromatic rings. The summed E-state index contributed by atoms with van der Waals surface area (Å²) in [6.45, 7) is 8.12. The van der Waals surface area contributed by atoms with Crippen LogP contribution in [0.3, 0.4) is 0 Å². The summed E-state index contributed by atoms with van der Waals surface area (Å²) in [7, 11) is 0. The summed E-state index contributed by atoms with van der Waals surface area (Å²) >= 11 is 0. The molecule has 0 aromatic carbocycles. The maximum absolute atomic E-state index is 5.49. The molecule has 0 saturated heterocycles. The Morgan fingerprint density at radius 2 is 2.17 bits per heavy atom. The van der Waals surface area contributed by atoms with Gasteiger partial charge in [0.2, 0.25) is 0 Å². The van der Waals surface area contributed by atoms with Crippen molar-refractivity contribution >= 4 is 0 Å². The average Bonchev–Trinajstić information content (AvgIpc) is 2.54. The zero-order valence-electron chi connectivity index (χ0n) is 8.31. The maximum Gasteiger partial charge on any atom is 0.0700 e. The highest BCUT2D eigenvalue weighted by Gasteiger charge is 2.21. The molecule has 1 N–H and O–H groups in total. The third-order valence-electron chi connectivity index (χ3n) is 2.23. The van der Waals surface area contributed by atoms with E-state index in [0.717, 1.165) is 19.6 Å². The van der Waals surface area contributed by atoms with E-state index in [1.807, 2.05) is 13.8 Å². The summed E-state index contributed by atoms with van der Waals surface area (Å²) in [5.74, 6) is 0. The van der Waals surface area contributed by atoms with Crippen LogP contribution in [0.4, 0.5) is 0 Å². The zero-order chi connectivity index (χ0) is 8.97. The molecular weight excluding hydrogens is 150 g/mol. The Hall–Kier alpha value is -0.500. The van der Waals surface area contributed by atoms with Gasteiger partial charge in [-0.05, 0) is 18.9 Å². The van der Waals surface area contributed by atoms with Crippen LogP contribution in [0.1, 0.15) is 33.6 Å². The predicted molar refractivity (Wildman–Crippen MR) is 51.0 cm³/mol. The van der Waals surface area contributed by atoms with Crippen LogP contribution < -0.4 is 5.32 Å². The number of hydrogen-bond donors (Lipinski definition) is 1. The first-order valence-electron chi connectivity index (χ1n) is 4.92. The second kappa shape index (κ2) is 4.51. The first kappa shape index (κ1) is 9.59. The molecule has 12 heavy (non-hydrogen) atoms. The molecule has 0 bridgehead atoms. The number of hydrogen-bond acceptors (Lipinski definition) is 2. The maximum atomic E-state index is 5.49. The number of ether oxygens (including phenoxy) is 1. The van der Waals surface area contributed by atoms with Crippen molar-refractivity contribution in [2.24, 2.45) is 0 Å². The molecule has 2 aliphatic heterocycles. The largest absolute Gasteiger partial charge is 0.388 e. The van der Waals surface area contributed by atoms with Crippen molar-refractivity contribution in [3.8, 4) is 0 Å². The minimum absolute atomic E-state index is 0.421. The Labute approximate surface area is 75.0 Å². The molecule has 2 heteroatoms. The lowest BCUT2D eigenvalue weighted by molar-refractivity contribution is 0.0712. The van der Waals surface area contributed by atoms with Crippen molar-refractivity contribution in [3.63, 3.8) is 0 Å². The minimum atomic E-state index is 0.421. The minimum Gasteiger partial charge on any atom is -0.388 e. The molecule has 2 nitrogen and oxygen atoms in total. The molecule has 0 aliphatic carbocycles. The van der Waals surface area contributed by atoms with Crippen molar-refractivity contribution in [3.05, 3.63) is 11.3 Å². The van der Waals surface area contributed by atoms with Gasteiger partial charge >= 0.3 is 0 Å². The fourth-order valence-electron chi connectivity index (χ4n) is 1.61. The van der Waals surface area contributed by atoms with Crippen LogP contribution >= 0.6 is 0 Å². The predicted octanol–water partition coefficient (Wildman–Crippen LogP) is 2.07. The van der Waals surface area contributed by atoms with E-state index in [9.17, 15) is 0 Å². The van der Waals surface area contributed by atoms with E-state index in [2.05, 4.69) is 12.2 Å². The van der Waals surface area contributed by atoms with Crippen molar-refractivity contribution in [1.29, 1.82) is 0 Å². The molecule has 2 heterocycles. The lowest BCUT2D eigenvalue weighted by atomic mass is 10.1. The van der Waals surface area contributed by atoms with Gasteiger partial charge in [0.1, 0.15) is 0 Å². The Bertz CT molecular complexity index is 175. The van der Waals surface area contributed by atoms with Crippen molar-refractivity contribution in [2.45, 2.75) is 39.7 Å². The number of nitrogens with one attached hydrogen (secondary N) is 1. The average molecular weight is 169 g/mol. The van der Waals surface area contributed by atoms with Crippen molar-refractivity contribution < 1.29 is 4.74 Å². The third kappa shape index (κ3) is 2.01. The van der Waals surface area contributed by atoms with E-state index in [4.69, 9.17) is 4.74 Å². The summed E-state index contributed by atoms with van der Waals surface area (Å²) in [5.41, 5.74) is 2.96. The third-order valence-corrected chi connectivity index (χ3v) is 2.23. The quantitative estimate of drug-likeness (QED) is 0.599. The normalized spacial score (nSPS) is 27.1. The van der Waals surface area contributed by atoms with E-state index >= 15 is 0 Å². The lowest BCUT2D eigenvalue weighted by Gasteiger charge is -2.20. The second-order valence-electron chi connectivity index (χ2n) is 3.08. The number of rotatable bonds is 0. The second-order valence-corrected chi connectivity index (χ2v) is 3.08. The van der Waals surface area contributed by atoms with Gasteiger partial charge in [-0.15, -0.1) is 0 Å². The molecule has 0 fully saturated rings. The van der Waals surface area contributed by atoms with Gasteiger partial charge in [-0.2, -0.15) is 0 Å². The van der Waals surface area contributed by atoms with Crippen LogP contribution in [0.25, 0.3) is 0 Å². The molecule has 0 amide bonds. The molecule has 1 atom stereocenters. The molecule has 0 aromatic heterocycles. The first-order chi connectivity index (χ1) is 5.86. The van der Waals surface area contributed by atoms with Crippen molar-refractivity contribution in [1.82, 2.24) is 5.32 Å². The Balaban J connectivity index is 0.000000336. The molecule has 2 rings (SSSR count). The van der Waals surface area contributed by atoms with Gasteiger partial charge in [0.15, 0.2) is 0 Å². The molecule has 1 unspecified atom stereocenters. The fraction of sp³-hybridized carbons (Fsp3) is 0.800. The van der Waals surface area contributed by atoms with Gasteiger partial charge in [-0.25, -0.2) is 0 Å². The summed E-state index contributed by atoms with van der Waals surface area (Å²) in [5, 5.41) is 3.39. The van der Waals surface area contributed by atoms with Crippen LogP contribution in [-0.2, 0) is 4.74 Å². The van der Waals surface area contributed by atoms with Gasteiger partial charge in [0.05, 0.1) is 12.7 Å². The summed E-state index contributed by atoms with van der Waals surface area (Å²) in [4.78, 5) is 0. The highest BCUT2D eigenvalue weighted by molar-refractivity contribution is 5.21. The van der Waals surface area contributed by atoms with Gasteiger partial charge < -0.3 is 10.1 Å². The van der Waals surface area contributed by atoms with Crippen LogP contribution in [0.5, 0.6) is 0 Å². The zero-order valence-corrected chi connectivity index (χ0v) is 8.31. The molecule has 70 valence electrons. The highest BCUT2D eigenvalue weighted by atomic mass is 16.5. The summed E-state index contributed by atoms with van der Waals surface area (Å²) in [6.07, 6.45) is 2.71. The van der Waals surface area contributed by atoms with Gasteiger partial charge in [-0.3, -0.25) is 0 Å². The lowest BCUT2D eigenvalue weighted by Crippen LogP contribution is -2.20. The van der Waals surface area contributed by atoms with Crippen molar-refractivity contribution in [2.75, 3.05) is 13.2 Å². The van der Waals surface area contributed by atoms with Crippen LogP contribution in [-0.4, -0.2) is 19.3 Å². The Morgan fingerprint density at radius 3 is 2.92 bits per heavy atom. The van der Waals surface area contributed by atoms with E-state index in [0.29, 0.717) is 6.10 Å². The monoisotopic (exact) mass is 169 g/mol. The molecular formula is C10H19NO. The van der Waals surface area contributed by atoms with Crippen LogP contribution in [0, 0.1) is 0 Å². The Kier molecular flexibility index (Phi) is 3.60. The topological polar surface area (TPSA) is 21.3 Å². The summed E-state index contributed by atoms with van der Waals surface area (Å²) < 4.78 is 5.49. The molecule has 0 radical (unpaired) electrons.